The van der Waals surface area contributed by atoms with Crippen molar-refractivity contribution >= 4 is 40.0 Å². The van der Waals surface area contributed by atoms with Crippen molar-refractivity contribution in [2.45, 2.75) is 6.92 Å². The van der Waals surface area contributed by atoms with Gasteiger partial charge in [-0.3, -0.25) is 4.99 Å². The maximum atomic E-state index is 4.22. The van der Waals surface area contributed by atoms with E-state index in [1.807, 2.05) is 13.0 Å². The van der Waals surface area contributed by atoms with E-state index in [1.54, 1.807) is 0 Å². The zero-order valence-corrected chi connectivity index (χ0v) is 10.9. The zero-order valence-electron chi connectivity index (χ0n) is 10.9. The molecule has 1 heteroatoms. The summed E-state index contributed by atoms with van der Waals surface area (Å²) in [6, 6.07) is 17.0. The molecule has 92 valence electrons. The van der Waals surface area contributed by atoms with Crippen molar-refractivity contribution in [2.24, 2.45) is 4.99 Å². The minimum atomic E-state index is 0.960. The molecule has 0 saturated heterocycles. The Bertz CT molecular complexity index is 797. The molecule has 0 aromatic heterocycles. The van der Waals surface area contributed by atoms with E-state index >= 15 is 0 Å². The average Bonchev–Trinajstić information content (AvgIpc) is 2.47. The van der Waals surface area contributed by atoms with Crippen molar-refractivity contribution in [2.75, 3.05) is 0 Å². The van der Waals surface area contributed by atoms with Crippen LogP contribution in [0.1, 0.15) is 12.5 Å². The molecule has 3 rings (SSSR count). The third-order valence-corrected chi connectivity index (χ3v) is 3.43. The summed E-state index contributed by atoms with van der Waals surface area (Å²) >= 11 is 0. The summed E-state index contributed by atoms with van der Waals surface area (Å²) in [6.07, 6.45) is 4.09. The maximum absolute atomic E-state index is 4.22. The largest absolute Gasteiger partial charge is 0.263 e. The number of benzene rings is 3. The number of hydrogen-bond acceptors (Lipinski definition) is 1. The molecule has 3 aromatic rings. The van der Waals surface area contributed by atoms with E-state index in [0.717, 1.165) is 16.6 Å². The number of nitrogens with zero attached hydrogens (tertiary/aromatic N) is 1. The molecule has 0 bridgehead atoms. The zero-order chi connectivity index (χ0) is 13.2. The molecular weight excluding hydrogens is 230 g/mol. The first kappa shape index (κ1) is 11.7. The molecule has 0 heterocycles. The molecule has 0 atom stereocenters. The SMILES string of the molecule is C=Nc1c(/C=C\C)ccc2c1ccc1ccccc12. The molecule has 0 aliphatic carbocycles. The highest BCUT2D eigenvalue weighted by atomic mass is 14.7. The van der Waals surface area contributed by atoms with Crippen LogP contribution in [0.3, 0.4) is 0 Å². The van der Waals surface area contributed by atoms with Gasteiger partial charge in [0.25, 0.3) is 0 Å². The smallest absolute Gasteiger partial charge is 0.0773 e. The van der Waals surface area contributed by atoms with E-state index in [-0.39, 0.29) is 0 Å². The van der Waals surface area contributed by atoms with Crippen LogP contribution in [0.4, 0.5) is 5.69 Å². The predicted octanol–water partition coefficient (Wildman–Crippen LogP) is 5.36. The summed E-state index contributed by atoms with van der Waals surface area (Å²) in [6.45, 7) is 5.73. The Hall–Kier alpha value is -2.41. The van der Waals surface area contributed by atoms with Gasteiger partial charge in [-0.1, -0.05) is 60.7 Å². The van der Waals surface area contributed by atoms with E-state index in [2.05, 4.69) is 66.3 Å². The molecule has 3 aromatic carbocycles. The van der Waals surface area contributed by atoms with Crippen LogP contribution < -0.4 is 0 Å². The third-order valence-electron chi connectivity index (χ3n) is 3.43. The van der Waals surface area contributed by atoms with Crippen LogP contribution in [-0.4, -0.2) is 6.72 Å². The summed E-state index contributed by atoms with van der Waals surface area (Å²) in [5.41, 5.74) is 2.07. The van der Waals surface area contributed by atoms with Gasteiger partial charge in [0.1, 0.15) is 0 Å². The number of allylic oxidation sites excluding steroid dienone is 1. The van der Waals surface area contributed by atoms with Crippen LogP contribution in [0.5, 0.6) is 0 Å². The fourth-order valence-corrected chi connectivity index (χ4v) is 2.58. The first-order valence-corrected chi connectivity index (χ1v) is 6.39. The molecule has 0 fully saturated rings. The van der Waals surface area contributed by atoms with Gasteiger partial charge in [-0.25, -0.2) is 0 Å². The van der Waals surface area contributed by atoms with Gasteiger partial charge in [-0.15, -0.1) is 0 Å². The van der Waals surface area contributed by atoms with Crippen LogP contribution in [0, 0.1) is 0 Å². The van der Waals surface area contributed by atoms with Gasteiger partial charge in [0, 0.05) is 10.9 Å². The summed E-state index contributed by atoms with van der Waals surface area (Å²) < 4.78 is 0. The highest BCUT2D eigenvalue weighted by Crippen LogP contribution is 2.34. The summed E-state index contributed by atoms with van der Waals surface area (Å²) in [4.78, 5) is 4.22. The quantitative estimate of drug-likeness (QED) is 0.426. The second kappa shape index (κ2) is 4.69. The molecule has 0 amide bonds. The normalized spacial score (nSPS) is 11.4. The minimum Gasteiger partial charge on any atom is -0.263 e. The van der Waals surface area contributed by atoms with Gasteiger partial charge >= 0.3 is 0 Å². The molecule has 0 spiro atoms. The lowest BCUT2D eigenvalue weighted by Gasteiger charge is -2.09. The Balaban J connectivity index is 2.47. The Morgan fingerprint density at radius 2 is 1.68 bits per heavy atom. The number of rotatable bonds is 2. The van der Waals surface area contributed by atoms with E-state index < -0.39 is 0 Å². The molecule has 0 N–H and O–H groups in total. The fourth-order valence-electron chi connectivity index (χ4n) is 2.58. The van der Waals surface area contributed by atoms with E-state index in [9.17, 15) is 0 Å². The molecule has 0 aliphatic heterocycles. The number of aliphatic imine (C=N–C) groups is 1. The van der Waals surface area contributed by atoms with Crippen molar-refractivity contribution in [3.05, 3.63) is 60.2 Å². The van der Waals surface area contributed by atoms with Gasteiger partial charge in [-0.2, -0.15) is 0 Å². The van der Waals surface area contributed by atoms with Crippen LogP contribution in [-0.2, 0) is 0 Å². The monoisotopic (exact) mass is 245 g/mol. The van der Waals surface area contributed by atoms with Gasteiger partial charge < -0.3 is 0 Å². The van der Waals surface area contributed by atoms with Crippen molar-refractivity contribution < 1.29 is 0 Å². The van der Waals surface area contributed by atoms with Crippen molar-refractivity contribution in [1.29, 1.82) is 0 Å². The van der Waals surface area contributed by atoms with Crippen LogP contribution >= 0.6 is 0 Å². The standard InChI is InChI=1S/C18H15N/c1-3-6-14-10-11-16-15-8-5-4-7-13(15)9-12-17(16)18(14)19-2/h3-12H,2H2,1H3/b6-3-. The summed E-state index contributed by atoms with van der Waals surface area (Å²) in [7, 11) is 0. The van der Waals surface area contributed by atoms with Crippen molar-refractivity contribution in [3.63, 3.8) is 0 Å². The van der Waals surface area contributed by atoms with Gasteiger partial charge in [0.15, 0.2) is 0 Å². The lowest BCUT2D eigenvalue weighted by atomic mass is 9.98. The highest BCUT2D eigenvalue weighted by molar-refractivity contribution is 6.12. The van der Waals surface area contributed by atoms with Gasteiger partial charge in [-0.05, 0) is 29.8 Å². The Morgan fingerprint density at radius 3 is 2.47 bits per heavy atom. The van der Waals surface area contributed by atoms with Crippen molar-refractivity contribution in [1.82, 2.24) is 0 Å². The van der Waals surface area contributed by atoms with Gasteiger partial charge in [0.2, 0.25) is 0 Å². The Labute approximate surface area is 112 Å². The second-order valence-corrected chi connectivity index (χ2v) is 4.54. The minimum absolute atomic E-state index is 0.960. The van der Waals surface area contributed by atoms with E-state index in [1.165, 1.54) is 16.2 Å². The molecule has 1 nitrogen and oxygen atoms in total. The summed E-state index contributed by atoms with van der Waals surface area (Å²) in [5.74, 6) is 0. The molecule has 0 saturated carbocycles. The second-order valence-electron chi connectivity index (χ2n) is 4.54. The molecule has 19 heavy (non-hydrogen) atoms. The van der Waals surface area contributed by atoms with Crippen LogP contribution in [0.25, 0.3) is 27.6 Å². The average molecular weight is 245 g/mol. The van der Waals surface area contributed by atoms with Crippen LogP contribution in [0.2, 0.25) is 0 Å². The van der Waals surface area contributed by atoms with E-state index in [0.29, 0.717) is 0 Å². The lowest BCUT2D eigenvalue weighted by molar-refractivity contribution is 1.57. The van der Waals surface area contributed by atoms with Crippen molar-refractivity contribution in [3.8, 4) is 0 Å². The molecule has 0 unspecified atom stereocenters. The number of fused-ring (bicyclic) bond motifs is 3. The summed E-state index contributed by atoms with van der Waals surface area (Å²) in [5, 5.41) is 4.90. The molecule has 0 aliphatic rings. The van der Waals surface area contributed by atoms with E-state index in [4.69, 9.17) is 0 Å². The first-order valence-electron chi connectivity index (χ1n) is 6.39. The highest BCUT2D eigenvalue weighted by Gasteiger charge is 2.06. The molecule has 0 radical (unpaired) electrons. The Kier molecular flexibility index (Phi) is 2.88. The van der Waals surface area contributed by atoms with Gasteiger partial charge in [0.05, 0.1) is 5.69 Å². The molecular formula is C18H15N. The fraction of sp³-hybridized carbons (Fsp3) is 0.0556. The first-order chi connectivity index (χ1) is 9.35. The predicted molar refractivity (Wildman–Crippen MR) is 85.4 cm³/mol. The number of hydrogen-bond donors (Lipinski definition) is 0. The topological polar surface area (TPSA) is 12.4 Å². The third kappa shape index (κ3) is 1.84. The Morgan fingerprint density at radius 1 is 0.895 bits per heavy atom. The lowest BCUT2D eigenvalue weighted by Crippen LogP contribution is -1.81. The maximum Gasteiger partial charge on any atom is 0.0773 e. The van der Waals surface area contributed by atoms with Crippen LogP contribution in [0.15, 0.2) is 59.6 Å².